The maximum absolute atomic E-state index is 10.8. The van der Waals surface area contributed by atoms with Crippen molar-refractivity contribution in [2.24, 2.45) is 0 Å². The van der Waals surface area contributed by atoms with E-state index in [1.54, 1.807) is 6.92 Å². The van der Waals surface area contributed by atoms with Crippen LogP contribution in [0.3, 0.4) is 0 Å². The number of hydrogen-bond donors (Lipinski definition) is 2. The average molecular weight is 236 g/mol. The maximum atomic E-state index is 10.8. The minimum absolute atomic E-state index is 0.0460. The Bertz CT molecular complexity index is 454. The summed E-state index contributed by atoms with van der Waals surface area (Å²) in [6.45, 7) is 9.74. The van der Waals surface area contributed by atoms with Crippen LogP contribution < -0.4 is 0 Å². The van der Waals surface area contributed by atoms with E-state index in [4.69, 9.17) is 5.11 Å². The highest BCUT2D eigenvalue weighted by Crippen LogP contribution is 2.36. The van der Waals surface area contributed by atoms with Gasteiger partial charge in [-0.15, -0.1) is 0 Å². The van der Waals surface area contributed by atoms with Crippen LogP contribution in [0.2, 0.25) is 0 Å². The Kier molecular flexibility index (Phi) is 3.51. The molecule has 1 aromatic carbocycles. The minimum atomic E-state index is -0.876. The van der Waals surface area contributed by atoms with E-state index in [-0.39, 0.29) is 17.6 Å². The van der Waals surface area contributed by atoms with Gasteiger partial charge in [0.1, 0.15) is 5.75 Å². The molecule has 0 aliphatic rings. The van der Waals surface area contributed by atoms with Gasteiger partial charge in [0.05, 0.1) is 6.42 Å². The zero-order chi connectivity index (χ0) is 13.4. The van der Waals surface area contributed by atoms with E-state index in [0.717, 1.165) is 11.1 Å². The van der Waals surface area contributed by atoms with E-state index in [2.05, 4.69) is 0 Å². The van der Waals surface area contributed by atoms with Crippen molar-refractivity contribution in [3.05, 3.63) is 28.3 Å². The number of aromatic hydroxyl groups is 1. The first-order valence-corrected chi connectivity index (χ1v) is 5.69. The van der Waals surface area contributed by atoms with Crippen molar-refractivity contribution in [2.45, 2.75) is 46.5 Å². The van der Waals surface area contributed by atoms with Gasteiger partial charge < -0.3 is 10.2 Å². The van der Waals surface area contributed by atoms with Crippen LogP contribution in [0.15, 0.2) is 6.07 Å². The molecule has 0 radical (unpaired) electrons. The summed E-state index contributed by atoms with van der Waals surface area (Å²) in [5, 5.41) is 19.0. The summed E-state index contributed by atoms with van der Waals surface area (Å²) in [7, 11) is 0. The molecule has 0 spiro atoms. The molecule has 3 heteroatoms. The van der Waals surface area contributed by atoms with E-state index < -0.39 is 5.97 Å². The fourth-order valence-electron chi connectivity index (χ4n) is 2.01. The molecule has 0 unspecified atom stereocenters. The molecule has 2 N–H and O–H groups in total. The highest BCUT2D eigenvalue weighted by atomic mass is 16.4. The van der Waals surface area contributed by atoms with Crippen LogP contribution in [-0.4, -0.2) is 16.2 Å². The Morgan fingerprint density at radius 1 is 1.29 bits per heavy atom. The summed E-state index contributed by atoms with van der Waals surface area (Å²) in [6, 6.07) is 1.89. The van der Waals surface area contributed by atoms with Crippen molar-refractivity contribution < 1.29 is 15.0 Å². The molecule has 0 fully saturated rings. The summed E-state index contributed by atoms with van der Waals surface area (Å²) >= 11 is 0. The number of hydrogen-bond acceptors (Lipinski definition) is 2. The van der Waals surface area contributed by atoms with E-state index in [1.807, 2.05) is 33.8 Å². The first kappa shape index (κ1) is 13.6. The molecule has 0 aliphatic heterocycles. The Labute approximate surface area is 102 Å². The van der Waals surface area contributed by atoms with Crippen molar-refractivity contribution in [3.8, 4) is 5.75 Å². The first-order valence-electron chi connectivity index (χ1n) is 5.69. The number of carbonyl (C=O) groups is 1. The lowest BCUT2D eigenvalue weighted by Gasteiger charge is -2.24. The Morgan fingerprint density at radius 3 is 2.24 bits per heavy atom. The van der Waals surface area contributed by atoms with Crippen LogP contribution in [-0.2, 0) is 16.6 Å². The van der Waals surface area contributed by atoms with Gasteiger partial charge in [0.2, 0.25) is 0 Å². The van der Waals surface area contributed by atoms with E-state index in [1.165, 1.54) is 0 Å². The summed E-state index contributed by atoms with van der Waals surface area (Å²) < 4.78 is 0. The quantitative estimate of drug-likeness (QED) is 0.830. The van der Waals surface area contributed by atoms with E-state index >= 15 is 0 Å². The first-order chi connectivity index (χ1) is 7.64. The fraction of sp³-hybridized carbons (Fsp3) is 0.500. The molecule has 1 rings (SSSR count). The summed E-state index contributed by atoms with van der Waals surface area (Å²) in [6.07, 6.45) is -0.0460. The topological polar surface area (TPSA) is 57.5 Å². The second kappa shape index (κ2) is 4.40. The van der Waals surface area contributed by atoms with Crippen LogP contribution in [0.1, 0.15) is 43.0 Å². The van der Waals surface area contributed by atoms with Crippen molar-refractivity contribution in [1.82, 2.24) is 0 Å². The molecule has 0 aromatic heterocycles. The zero-order valence-electron chi connectivity index (χ0n) is 11.1. The molecule has 17 heavy (non-hydrogen) atoms. The molecule has 0 atom stereocenters. The van der Waals surface area contributed by atoms with Crippen LogP contribution in [0.4, 0.5) is 0 Å². The lowest BCUT2D eigenvalue weighted by molar-refractivity contribution is -0.136. The second-order valence-corrected chi connectivity index (χ2v) is 5.51. The van der Waals surface area contributed by atoms with Crippen LogP contribution in [0, 0.1) is 13.8 Å². The van der Waals surface area contributed by atoms with Gasteiger partial charge in [-0.05, 0) is 41.5 Å². The lowest BCUT2D eigenvalue weighted by atomic mass is 9.82. The largest absolute Gasteiger partial charge is 0.507 e. The van der Waals surface area contributed by atoms with Gasteiger partial charge >= 0.3 is 5.97 Å². The number of rotatable bonds is 2. The molecular weight excluding hydrogens is 216 g/mol. The molecule has 0 saturated carbocycles. The number of aliphatic carboxylic acids is 1. The molecule has 3 nitrogen and oxygen atoms in total. The van der Waals surface area contributed by atoms with Crippen LogP contribution in [0.25, 0.3) is 0 Å². The monoisotopic (exact) mass is 236 g/mol. The van der Waals surface area contributed by atoms with E-state index in [0.29, 0.717) is 11.1 Å². The van der Waals surface area contributed by atoms with E-state index in [9.17, 15) is 9.90 Å². The van der Waals surface area contributed by atoms with Crippen LogP contribution in [0.5, 0.6) is 5.75 Å². The van der Waals surface area contributed by atoms with Crippen LogP contribution >= 0.6 is 0 Å². The third kappa shape index (κ3) is 2.78. The molecule has 94 valence electrons. The van der Waals surface area contributed by atoms with Gasteiger partial charge in [0.25, 0.3) is 0 Å². The van der Waals surface area contributed by atoms with Crippen molar-refractivity contribution in [2.75, 3.05) is 0 Å². The number of carboxylic acids is 1. The Balaban J connectivity index is 3.42. The molecule has 0 aliphatic carbocycles. The summed E-state index contributed by atoms with van der Waals surface area (Å²) in [4.78, 5) is 10.8. The standard InChI is InChI=1S/C14H20O3/c1-8-6-11(14(3,4)5)13(17)9(2)10(8)7-12(15)16/h6,17H,7H2,1-5H3,(H,15,16). The molecule has 0 bridgehead atoms. The van der Waals surface area contributed by atoms with Crippen molar-refractivity contribution in [3.63, 3.8) is 0 Å². The normalized spacial score (nSPS) is 11.6. The van der Waals surface area contributed by atoms with Crippen molar-refractivity contribution in [1.29, 1.82) is 0 Å². The number of phenolic OH excluding ortho intramolecular Hbond substituents is 1. The second-order valence-electron chi connectivity index (χ2n) is 5.51. The smallest absolute Gasteiger partial charge is 0.307 e. The highest BCUT2D eigenvalue weighted by molar-refractivity contribution is 5.72. The highest BCUT2D eigenvalue weighted by Gasteiger charge is 2.22. The average Bonchev–Trinajstić information content (AvgIpc) is 2.16. The lowest BCUT2D eigenvalue weighted by Crippen LogP contribution is -2.14. The maximum Gasteiger partial charge on any atom is 0.307 e. The van der Waals surface area contributed by atoms with Gasteiger partial charge in [-0.2, -0.15) is 0 Å². The fourth-order valence-corrected chi connectivity index (χ4v) is 2.01. The molecular formula is C14H20O3. The minimum Gasteiger partial charge on any atom is -0.507 e. The molecule has 0 saturated heterocycles. The number of carboxylic acid groups (broad SMARTS) is 1. The summed E-state index contributed by atoms with van der Waals surface area (Å²) in [5.74, 6) is -0.654. The predicted molar refractivity (Wildman–Crippen MR) is 67.6 cm³/mol. The zero-order valence-corrected chi connectivity index (χ0v) is 11.1. The van der Waals surface area contributed by atoms with Crippen molar-refractivity contribution >= 4 is 5.97 Å². The third-order valence-electron chi connectivity index (χ3n) is 3.04. The van der Waals surface area contributed by atoms with Gasteiger partial charge in [0, 0.05) is 0 Å². The summed E-state index contributed by atoms with van der Waals surface area (Å²) in [5.41, 5.74) is 3.02. The van der Waals surface area contributed by atoms with Gasteiger partial charge in [0.15, 0.2) is 0 Å². The van der Waals surface area contributed by atoms with Gasteiger partial charge in [-0.3, -0.25) is 4.79 Å². The van der Waals surface area contributed by atoms with Gasteiger partial charge in [-0.1, -0.05) is 26.8 Å². The SMILES string of the molecule is Cc1cc(C(C)(C)C)c(O)c(C)c1CC(=O)O. The molecule has 0 heterocycles. The third-order valence-corrected chi connectivity index (χ3v) is 3.04. The number of benzene rings is 1. The number of aryl methyl sites for hydroxylation is 1. The predicted octanol–water partition coefficient (Wildman–Crippen LogP) is 2.93. The number of phenols is 1. The molecule has 1 aromatic rings. The van der Waals surface area contributed by atoms with Gasteiger partial charge in [-0.25, -0.2) is 0 Å². The Morgan fingerprint density at radius 2 is 1.82 bits per heavy atom. The Hall–Kier alpha value is -1.51. The molecule has 0 amide bonds.